The second kappa shape index (κ2) is 4.17. The van der Waals surface area contributed by atoms with Crippen molar-refractivity contribution in [3.8, 4) is 0 Å². The second-order valence-electron chi connectivity index (χ2n) is 2.96. The highest BCUT2D eigenvalue weighted by molar-refractivity contribution is 5.66. The van der Waals surface area contributed by atoms with Gasteiger partial charge in [-0.3, -0.25) is 4.79 Å². The molecule has 0 unspecified atom stereocenters. The molecule has 0 fully saturated rings. The Labute approximate surface area is 80.2 Å². The minimum Gasteiger partial charge on any atom is -0.481 e. The predicted molar refractivity (Wildman–Crippen MR) is 47.2 cm³/mol. The minimum absolute atomic E-state index is 0.138. The van der Waals surface area contributed by atoms with Gasteiger partial charge in [-0.15, -0.1) is 0 Å². The molecule has 0 aromatic heterocycles. The van der Waals surface area contributed by atoms with Crippen molar-refractivity contribution in [2.24, 2.45) is 0 Å². The number of carboxylic acids is 1. The van der Waals surface area contributed by atoms with Crippen molar-refractivity contribution in [3.05, 3.63) is 35.9 Å². The highest BCUT2D eigenvalue weighted by atomic mass is 19.3. The third-order valence-corrected chi connectivity index (χ3v) is 1.85. The van der Waals surface area contributed by atoms with E-state index in [4.69, 9.17) is 5.11 Å². The molecule has 0 atom stereocenters. The molecule has 0 heterocycles. The molecule has 14 heavy (non-hydrogen) atoms. The highest BCUT2D eigenvalue weighted by Crippen LogP contribution is 2.32. The van der Waals surface area contributed by atoms with Gasteiger partial charge in [0.1, 0.15) is 0 Å². The largest absolute Gasteiger partial charge is 0.481 e. The van der Waals surface area contributed by atoms with E-state index in [-0.39, 0.29) is 5.56 Å². The number of hydrogen-bond donors (Lipinski definition) is 1. The lowest BCUT2D eigenvalue weighted by atomic mass is 10.0. The fourth-order valence-electron chi connectivity index (χ4n) is 1.09. The van der Waals surface area contributed by atoms with E-state index in [1.165, 1.54) is 24.3 Å². The molecule has 0 aliphatic carbocycles. The fraction of sp³-hybridized carbons (Fsp3) is 0.300. The third-order valence-electron chi connectivity index (χ3n) is 1.85. The summed E-state index contributed by atoms with van der Waals surface area (Å²) in [5, 5.41) is 8.29. The summed E-state index contributed by atoms with van der Waals surface area (Å²) < 4.78 is 26.5. The lowest BCUT2D eigenvalue weighted by molar-refractivity contribution is -0.139. The first-order valence-electron chi connectivity index (χ1n) is 4.17. The molecule has 0 spiro atoms. The van der Waals surface area contributed by atoms with Gasteiger partial charge in [0.25, 0.3) is 5.92 Å². The first-order valence-corrected chi connectivity index (χ1v) is 4.17. The first kappa shape index (κ1) is 10.6. The van der Waals surface area contributed by atoms with Crippen LogP contribution in [0.25, 0.3) is 0 Å². The SMILES string of the molecule is O=C(O)CCC(F)(F)c1ccccc1. The van der Waals surface area contributed by atoms with Crippen molar-refractivity contribution in [2.45, 2.75) is 18.8 Å². The number of alkyl halides is 2. The van der Waals surface area contributed by atoms with Gasteiger partial charge in [0.15, 0.2) is 0 Å². The topological polar surface area (TPSA) is 37.3 Å². The summed E-state index contributed by atoms with van der Waals surface area (Å²) in [4.78, 5) is 10.1. The zero-order chi connectivity index (χ0) is 10.6. The van der Waals surface area contributed by atoms with Crippen molar-refractivity contribution >= 4 is 5.97 Å². The van der Waals surface area contributed by atoms with Gasteiger partial charge in [0.05, 0.1) is 6.42 Å². The van der Waals surface area contributed by atoms with Gasteiger partial charge in [0.2, 0.25) is 0 Å². The van der Waals surface area contributed by atoms with E-state index in [9.17, 15) is 13.6 Å². The molecule has 2 nitrogen and oxygen atoms in total. The molecule has 1 aromatic carbocycles. The molecule has 4 heteroatoms. The van der Waals surface area contributed by atoms with Crippen LogP contribution in [0.3, 0.4) is 0 Å². The molecule has 0 aliphatic heterocycles. The van der Waals surface area contributed by atoms with Gasteiger partial charge in [-0.25, -0.2) is 8.78 Å². The second-order valence-corrected chi connectivity index (χ2v) is 2.96. The van der Waals surface area contributed by atoms with Crippen LogP contribution in [0.5, 0.6) is 0 Å². The van der Waals surface area contributed by atoms with Crippen molar-refractivity contribution in [1.82, 2.24) is 0 Å². The van der Waals surface area contributed by atoms with Gasteiger partial charge in [-0.05, 0) is 0 Å². The van der Waals surface area contributed by atoms with Crippen LogP contribution in [0.2, 0.25) is 0 Å². The van der Waals surface area contributed by atoms with E-state index in [1.807, 2.05) is 0 Å². The molecule has 0 amide bonds. The lowest BCUT2D eigenvalue weighted by Crippen LogP contribution is -2.15. The van der Waals surface area contributed by atoms with Crippen LogP contribution in [0, 0.1) is 0 Å². The monoisotopic (exact) mass is 200 g/mol. The summed E-state index contributed by atoms with van der Waals surface area (Å²) in [6.45, 7) is 0. The minimum atomic E-state index is -3.06. The van der Waals surface area contributed by atoms with Crippen LogP contribution in [0.15, 0.2) is 30.3 Å². The van der Waals surface area contributed by atoms with Gasteiger partial charge in [-0.1, -0.05) is 30.3 Å². The van der Waals surface area contributed by atoms with Crippen LogP contribution >= 0.6 is 0 Å². The Hall–Kier alpha value is -1.45. The molecule has 1 rings (SSSR count). The number of aliphatic carboxylic acids is 1. The van der Waals surface area contributed by atoms with Crippen molar-refractivity contribution in [1.29, 1.82) is 0 Å². The zero-order valence-electron chi connectivity index (χ0n) is 7.41. The van der Waals surface area contributed by atoms with E-state index >= 15 is 0 Å². The third kappa shape index (κ3) is 2.80. The number of benzene rings is 1. The Morgan fingerprint density at radius 3 is 2.36 bits per heavy atom. The molecular formula is C10H10F2O2. The molecule has 1 aromatic rings. The standard InChI is InChI=1S/C10H10F2O2/c11-10(12,7-6-9(13)14)8-4-2-1-3-5-8/h1-5H,6-7H2,(H,13,14). The Kier molecular flexibility index (Phi) is 3.17. The number of carbonyl (C=O) groups is 1. The van der Waals surface area contributed by atoms with E-state index in [0.29, 0.717) is 0 Å². The van der Waals surface area contributed by atoms with Crippen molar-refractivity contribution < 1.29 is 18.7 Å². The number of carboxylic acid groups (broad SMARTS) is 1. The van der Waals surface area contributed by atoms with Gasteiger partial charge in [0, 0.05) is 12.0 Å². The maximum Gasteiger partial charge on any atom is 0.303 e. The van der Waals surface area contributed by atoms with E-state index in [2.05, 4.69) is 0 Å². The van der Waals surface area contributed by atoms with E-state index in [0.717, 1.165) is 0 Å². The van der Waals surface area contributed by atoms with Gasteiger partial charge >= 0.3 is 5.97 Å². The summed E-state index contributed by atoms with van der Waals surface area (Å²) in [6, 6.07) is 7.23. The van der Waals surface area contributed by atoms with Gasteiger partial charge in [-0.2, -0.15) is 0 Å². The summed E-state index contributed by atoms with van der Waals surface area (Å²) in [5.41, 5.74) is -0.138. The molecule has 0 saturated heterocycles. The molecule has 1 N–H and O–H groups in total. The Balaban J connectivity index is 2.70. The first-order chi connectivity index (χ1) is 6.52. The average molecular weight is 200 g/mol. The summed E-state index contributed by atoms with van der Waals surface area (Å²) in [5.74, 6) is -4.26. The Morgan fingerprint density at radius 2 is 1.86 bits per heavy atom. The quantitative estimate of drug-likeness (QED) is 0.811. The molecule has 0 bridgehead atoms. The van der Waals surface area contributed by atoms with Crippen molar-refractivity contribution in [3.63, 3.8) is 0 Å². The number of rotatable bonds is 4. The highest BCUT2D eigenvalue weighted by Gasteiger charge is 2.31. The Morgan fingerprint density at radius 1 is 1.29 bits per heavy atom. The van der Waals surface area contributed by atoms with Crippen LogP contribution in [-0.4, -0.2) is 11.1 Å². The number of hydrogen-bond acceptors (Lipinski definition) is 1. The molecular weight excluding hydrogens is 190 g/mol. The summed E-state index contributed by atoms with van der Waals surface area (Å²) in [6.07, 6.45) is -1.19. The van der Waals surface area contributed by atoms with E-state index < -0.39 is 24.7 Å². The normalized spacial score (nSPS) is 11.3. The maximum atomic E-state index is 13.3. The maximum absolute atomic E-state index is 13.3. The van der Waals surface area contributed by atoms with Gasteiger partial charge < -0.3 is 5.11 Å². The molecule has 0 radical (unpaired) electrons. The molecule has 76 valence electrons. The van der Waals surface area contributed by atoms with Crippen LogP contribution in [-0.2, 0) is 10.7 Å². The van der Waals surface area contributed by atoms with Crippen LogP contribution in [0.1, 0.15) is 18.4 Å². The van der Waals surface area contributed by atoms with Crippen molar-refractivity contribution in [2.75, 3.05) is 0 Å². The molecule has 0 saturated carbocycles. The average Bonchev–Trinajstić information content (AvgIpc) is 2.16. The summed E-state index contributed by atoms with van der Waals surface area (Å²) in [7, 11) is 0. The number of halogens is 2. The van der Waals surface area contributed by atoms with E-state index in [1.54, 1.807) is 6.07 Å². The lowest BCUT2D eigenvalue weighted by Gasteiger charge is -2.15. The van der Waals surface area contributed by atoms with Crippen LogP contribution < -0.4 is 0 Å². The Bertz CT molecular complexity index is 309. The van der Waals surface area contributed by atoms with Crippen LogP contribution in [0.4, 0.5) is 8.78 Å². The summed E-state index contributed by atoms with van der Waals surface area (Å²) >= 11 is 0. The smallest absolute Gasteiger partial charge is 0.303 e. The zero-order valence-corrected chi connectivity index (χ0v) is 7.41. The molecule has 0 aliphatic rings. The fourth-order valence-corrected chi connectivity index (χ4v) is 1.09. The predicted octanol–water partition coefficient (Wildman–Crippen LogP) is 2.64.